The molecule has 0 N–H and O–H groups in total. The molecule has 0 saturated carbocycles. The quantitative estimate of drug-likeness (QED) is 0.0971. The molecule has 0 saturated heterocycles. The monoisotopic (exact) mass is 505 g/mol. The Labute approximate surface area is 200 Å². The Morgan fingerprint density at radius 1 is 0.735 bits per heavy atom. The summed E-state index contributed by atoms with van der Waals surface area (Å²) in [6.07, 6.45) is 7.27. The maximum atomic E-state index is 15.0. The second kappa shape index (κ2) is 11.4. The molecule has 0 aromatic heterocycles. The summed E-state index contributed by atoms with van der Waals surface area (Å²) >= 11 is 0. The SMILES string of the molecule is CCCCCCCCC[Si](Oc1c(F)c(F)c(F)c2c(F)[c]c(F)c(F)c12)(C(C)C)C(C)(C)C. The van der Waals surface area contributed by atoms with Crippen molar-refractivity contribution >= 4 is 19.1 Å². The summed E-state index contributed by atoms with van der Waals surface area (Å²) in [6, 6.07) is 1.94. The van der Waals surface area contributed by atoms with E-state index in [1.165, 1.54) is 12.5 Å². The Morgan fingerprint density at radius 3 is 1.82 bits per heavy atom. The lowest BCUT2D eigenvalue weighted by Crippen LogP contribution is -2.53. The smallest absolute Gasteiger partial charge is 0.259 e. The van der Waals surface area contributed by atoms with Gasteiger partial charge in [-0.3, -0.25) is 0 Å². The first-order chi connectivity index (χ1) is 15.8. The largest absolute Gasteiger partial charge is 0.540 e. The zero-order valence-electron chi connectivity index (χ0n) is 20.9. The molecular formula is C26H35F6OSi. The molecular weight excluding hydrogens is 470 g/mol. The van der Waals surface area contributed by atoms with Crippen molar-refractivity contribution in [2.45, 2.75) is 103 Å². The van der Waals surface area contributed by atoms with Crippen LogP contribution in [0, 0.1) is 41.0 Å². The lowest BCUT2D eigenvalue weighted by atomic mass is 10.1. The topological polar surface area (TPSA) is 9.23 Å². The number of hydrogen-bond donors (Lipinski definition) is 0. The number of rotatable bonds is 11. The molecule has 2 aromatic carbocycles. The van der Waals surface area contributed by atoms with Gasteiger partial charge in [0.05, 0.1) is 16.8 Å². The molecule has 0 fully saturated rings. The fourth-order valence-electron chi connectivity index (χ4n) is 4.85. The van der Waals surface area contributed by atoms with Crippen molar-refractivity contribution in [3.05, 3.63) is 41.0 Å². The number of unbranched alkanes of at least 4 members (excludes halogenated alkanes) is 6. The van der Waals surface area contributed by atoms with Crippen molar-refractivity contribution in [1.29, 1.82) is 0 Å². The van der Waals surface area contributed by atoms with Crippen LogP contribution in [0.4, 0.5) is 26.3 Å². The van der Waals surface area contributed by atoms with Crippen LogP contribution in [0.2, 0.25) is 16.6 Å². The van der Waals surface area contributed by atoms with Gasteiger partial charge in [-0.05, 0) is 16.6 Å². The number of halogens is 6. The average molecular weight is 506 g/mol. The summed E-state index contributed by atoms with van der Waals surface area (Å²) in [4.78, 5) is 0. The van der Waals surface area contributed by atoms with Gasteiger partial charge >= 0.3 is 0 Å². The van der Waals surface area contributed by atoms with E-state index in [1.54, 1.807) is 0 Å². The molecule has 2 aromatic rings. The molecule has 1 radical (unpaired) electrons. The van der Waals surface area contributed by atoms with Crippen LogP contribution >= 0.6 is 0 Å². The van der Waals surface area contributed by atoms with Gasteiger partial charge in [0, 0.05) is 0 Å². The first-order valence-electron chi connectivity index (χ1n) is 12.0. The number of fused-ring (bicyclic) bond motifs is 1. The molecule has 191 valence electrons. The maximum absolute atomic E-state index is 15.0. The normalized spacial score (nSPS) is 14.1. The van der Waals surface area contributed by atoms with Crippen molar-refractivity contribution in [2.24, 2.45) is 0 Å². The third-order valence-corrected chi connectivity index (χ3v) is 12.8. The van der Waals surface area contributed by atoms with E-state index in [0.717, 1.165) is 38.5 Å². The Morgan fingerprint density at radius 2 is 1.29 bits per heavy atom. The van der Waals surface area contributed by atoms with Gasteiger partial charge in [-0.2, -0.15) is 4.39 Å². The highest BCUT2D eigenvalue weighted by atomic mass is 28.4. The molecule has 34 heavy (non-hydrogen) atoms. The Balaban J connectivity index is 2.58. The Bertz CT molecular complexity index is 1000. The Hall–Kier alpha value is -1.70. The van der Waals surface area contributed by atoms with E-state index in [0.29, 0.717) is 6.04 Å². The molecule has 1 unspecified atom stereocenters. The highest BCUT2D eigenvalue weighted by molar-refractivity contribution is 6.78. The standard InChI is InChI=1S/C26H35F6OSi/c1-7-8-9-10-11-12-13-14-34(16(2)3,26(4,5)6)33-25-20-19(22(30)23(31)24(25)32)17(27)15-18(28)21(20)29/h16H,7-14H2,1-6H3. The zero-order chi connectivity index (χ0) is 25.8. The van der Waals surface area contributed by atoms with Gasteiger partial charge in [-0.25, -0.2) is 22.0 Å². The van der Waals surface area contributed by atoms with Crippen LogP contribution in [0.3, 0.4) is 0 Å². The van der Waals surface area contributed by atoms with E-state index in [2.05, 4.69) is 6.92 Å². The lowest BCUT2D eigenvalue weighted by molar-refractivity contribution is 0.393. The molecule has 0 spiro atoms. The zero-order valence-corrected chi connectivity index (χ0v) is 21.9. The van der Waals surface area contributed by atoms with Crippen molar-refractivity contribution in [3.8, 4) is 5.75 Å². The van der Waals surface area contributed by atoms with Crippen molar-refractivity contribution in [2.75, 3.05) is 0 Å². The second-order valence-electron chi connectivity index (χ2n) is 10.4. The third-order valence-electron chi connectivity index (χ3n) is 6.77. The highest BCUT2D eigenvalue weighted by Gasteiger charge is 2.51. The molecule has 0 aliphatic heterocycles. The summed E-state index contributed by atoms with van der Waals surface area (Å²) in [5, 5.41) is -2.79. The summed E-state index contributed by atoms with van der Waals surface area (Å²) in [7, 11) is -3.09. The van der Waals surface area contributed by atoms with E-state index >= 15 is 4.39 Å². The van der Waals surface area contributed by atoms with Crippen LogP contribution < -0.4 is 4.43 Å². The molecule has 8 heteroatoms. The molecule has 2 rings (SSSR count). The minimum absolute atomic E-state index is 0.136. The highest BCUT2D eigenvalue weighted by Crippen LogP contribution is 2.50. The summed E-state index contributed by atoms with van der Waals surface area (Å²) in [5.74, 6) is -11.8. The van der Waals surface area contributed by atoms with E-state index in [9.17, 15) is 22.0 Å². The number of hydrogen-bond acceptors (Lipinski definition) is 1. The van der Waals surface area contributed by atoms with Gasteiger partial charge in [-0.15, -0.1) is 0 Å². The summed E-state index contributed by atoms with van der Waals surface area (Å²) in [6.45, 7) is 11.7. The molecule has 1 nitrogen and oxygen atoms in total. The van der Waals surface area contributed by atoms with E-state index < -0.39 is 64.8 Å². The molecule has 0 heterocycles. The predicted molar refractivity (Wildman–Crippen MR) is 127 cm³/mol. The second-order valence-corrected chi connectivity index (χ2v) is 15.5. The lowest BCUT2D eigenvalue weighted by Gasteiger charge is -2.45. The fraction of sp³-hybridized carbons (Fsp3) is 0.615. The average Bonchev–Trinajstić information content (AvgIpc) is 2.74. The van der Waals surface area contributed by atoms with Crippen molar-refractivity contribution in [1.82, 2.24) is 0 Å². The van der Waals surface area contributed by atoms with Crippen molar-refractivity contribution in [3.63, 3.8) is 0 Å². The minimum atomic E-state index is -3.09. The van der Waals surface area contributed by atoms with Crippen LogP contribution in [-0.4, -0.2) is 8.32 Å². The fourth-order valence-corrected chi connectivity index (χ4v) is 9.89. The van der Waals surface area contributed by atoms with Gasteiger partial charge < -0.3 is 4.43 Å². The minimum Gasteiger partial charge on any atom is -0.540 e. The van der Waals surface area contributed by atoms with Gasteiger partial charge in [0.2, 0.25) is 5.82 Å². The van der Waals surface area contributed by atoms with Crippen molar-refractivity contribution < 1.29 is 30.8 Å². The van der Waals surface area contributed by atoms with Gasteiger partial charge in [-0.1, -0.05) is 86.5 Å². The predicted octanol–water partition coefficient (Wildman–Crippen LogP) is 9.76. The van der Waals surface area contributed by atoms with E-state index in [1.807, 2.05) is 34.6 Å². The number of benzene rings is 2. The third kappa shape index (κ3) is 5.57. The molecule has 0 aliphatic rings. The summed E-state index contributed by atoms with van der Waals surface area (Å²) in [5.41, 5.74) is -0.136. The van der Waals surface area contributed by atoms with Crippen LogP contribution in [0.1, 0.15) is 86.5 Å². The molecule has 0 amide bonds. The van der Waals surface area contributed by atoms with Gasteiger partial charge in [0.15, 0.2) is 29.0 Å². The van der Waals surface area contributed by atoms with Gasteiger partial charge in [0.25, 0.3) is 8.32 Å². The van der Waals surface area contributed by atoms with E-state index in [4.69, 9.17) is 4.43 Å². The molecule has 1 atom stereocenters. The van der Waals surface area contributed by atoms with Crippen LogP contribution in [-0.2, 0) is 0 Å². The van der Waals surface area contributed by atoms with Crippen LogP contribution in [0.25, 0.3) is 10.8 Å². The Kier molecular flexibility index (Phi) is 9.53. The van der Waals surface area contributed by atoms with Crippen LogP contribution in [0.5, 0.6) is 5.75 Å². The first kappa shape index (κ1) is 28.5. The first-order valence-corrected chi connectivity index (χ1v) is 14.2. The van der Waals surface area contributed by atoms with Gasteiger partial charge in [0.1, 0.15) is 5.82 Å². The molecule has 0 bridgehead atoms. The molecule has 0 aliphatic carbocycles. The van der Waals surface area contributed by atoms with E-state index in [-0.39, 0.29) is 5.54 Å². The van der Waals surface area contributed by atoms with Crippen LogP contribution in [0.15, 0.2) is 0 Å². The maximum Gasteiger partial charge on any atom is 0.259 e. The summed E-state index contributed by atoms with van der Waals surface area (Å²) < 4.78 is 93.2.